The Kier molecular flexibility index (Phi) is 3.00. The normalized spacial score (nSPS) is 17.5. The summed E-state index contributed by atoms with van der Waals surface area (Å²) in [7, 11) is 0. The highest BCUT2D eigenvalue weighted by atomic mass is 16.2. The number of rotatable bonds is 3. The molecule has 1 aromatic heterocycles. The lowest BCUT2D eigenvalue weighted by Crippen LogP contribution is -2.42. The number of carbonyl (C=O) groups is 1. The number of hydrogen-bond donors (Lipinski definition) is 1. The Morgan fingerprint density at radius 2 is 2.12 bits per heavy atom. The molecule has 92 valence electrons. The largest absolute Gasteiger partial charge is 0.328 e. The molecule has 0 aliphatic heterocycles. The number of aromatic amines is 1. The summed E-state index contributed by atoms with van der Waals surface area (Å²) >= 11 is 0. The zero-order valence-corrected chi connectivity index (χ0v) is 10.0. The van der Waals surface area contributed by atoms with E-state index in [0.29, 0.717) is 5.92 Å². The standard InChI is InChI=1S/C12H16N2O3/c1-7(9-4-3-5-9)14-11(16)10(8(2)15)6-13-12(14)17/h6-7,9H,3-5H2,1-2H3,(H,13,17). The van der Waals surface area contributed by atoms with Crippen LogP contribution in [-0.2, 0) is 0 Å². The predicted molar refractivity (Wildman–Crippen MR) is 63.4 cm³/mol. The molecule has 5 heteroatoms. The summed E-state index contributed by atoms with van der Waals surface area (Å²) in [5, 5.41) is 0. The zero-order chi connectivity index (χ0) is 12.6. The van der Waals surface area contributed by atoms with E-state index >= 15 is 0 Å². The van der Waals surface area contributed by atoms with Crippen LogP contribution in [0.3, 0.4) is 0 Å². The van der Waals surface area contributed by atoms with Gasteiger partial charge in [0, 0.05) is 12.2 Å². The van der Waals surface area contributed by atoms with Crippen LogP contribution in [0.2, 0.25) is 0 Å². The number of nitrogens with one attached hydrogen (secondary N) is 1. The maximum absolute atomic E-state index is 12.0. The third kappa shape index (κ3) is 1.97. The van der Waals surface area contributed by atoms with Crippen LogP contribution in [0.4, 0.5) is 0 Å². The van der Waals surface area contributed by atoms with E-state index in [-0.39, 0.29) is 17.4 Å². The Balaban J connectivity index is 2.52. The van der Waals surface area contributed by atoms with E-state index in [1.54, 1.807) is 0 Å². The minimum Gasteiger partial charge on any atom is -0.313 e. The van der Waals surface area contributed by atoms with Crippen LogP contribution in [0.25, 0.3) is 0 Å². The first-order chi connectivity index (χ1) is 8.02. The molecule has 1 heterocycles. The molecule has 0 spiro atoms. The Morgan fingerprint density at radius 1 is 1.47 bits per heavy atom. The molecule has 1 atom stereocenters. The van der Waals surface area contributed by atoms with E-state index in [2.05, 4.69) is 4.98 Å². The average Bonchev–Trinajstić information content (AvgIpc) is 2.13. The molecule has 1 aliphatic rings. The highest BCUT2D eigenvalue weighted by Crippen LogP contribution is 2.34. The van der Waals surface area contributed by atoms with Crippen LogP contribution >= 0.6 is 0 Å². The third-order valence-electron chi connectivity index (χ3n) is 3.63. The second-order valence-electron chi connectivity index (χ2n) is 4.67. The molecule has 17 heavy (non-hydrogen) atoms. The lowest BCUT2D eigenvalue weighted by atomic mass is 9.80. The quantitative estimate of drug-likeness (QED) is 0.799. The van der Waals surface area contributed by atoms with E-state index in [1.165, 1.54) is 17.7 Å². The van der Waals surface area contributed by atoms with Crippen molar-refractivity contribution in [1.29, 1.82) is 0 Å². The first-order valence-electron chi connectivity index (χ1n) is 5.87. The van der Waals surface area contributed by atoms with Crippen molar-refractivity contribution in [3.63, 3.8) is 0 Å². The van der Waals surface area contributed by atoms with E-state index in [9.17, 15) is 14.4 Å². The Morgan fingerprint density at radius 3 is 2.59 bits per heavy atom. The fraction of sp³-hybridized carbons (Fsp3) is 0.583. The van der Waals surface area contributed by atoms with E-state index < -0.39 is 11.2 Å². The predicted octanol–water partition coefficient (Wildman–Crippen LogP) is 1.10. The second kappa shape index (κ2) is 4.31. The van der Waals surface area contributed by atoms with Crippen molar-refractivity contribution in [2.45, 2.75) is 39.2 Å². The van der Waals surface area contributed by atoms with Gasteiger partial charge in [0.05, 0.1) is 5.56 Å². The van der Waals surface area contributed by atoms with Gasteiger partial charge in [0.1, 0.15) is 0 Å². The molecule has 1 N–H and O–H groups in total. The van der Waals surface area contributed by atoms with Crippen molar-refractivity contribution in [3.05, 3.63) is 32.6 Å². The number of hydrogen-bond acceptors (Lipinski definition) is 3. The number of nitrogens with zero attached hydrogens (tertiary/aromatic N) is 1. The summed E-state index contributed by atoms with van der Waals surface area (Å²) < 4.78 is 1.18. The number of carbonyl (C=O) groups excluding carboxylic acids is 1. The van der Waals surface area contributed by atoms with E-state index in [4.69, 9.17) is 0 Å². The number of ketones is 1. The van der Waals surface area contributed by atoms with Crippen molar-refractivity contribution in [1.82, 2.24) is 9.55 Å². The average molecular weight is 236 g/mol. The summed E-state index contributed by atoms with van der Waals surface area (Å²) in [6.45, 7) is 3.19. The van der Waals surface area contributed by atoms with Gasteiger partial charge in [-0.2, -0.15) is 0 Å². The van der Waals surface area contributed by atoms with Gasteiger partial charge in [0.25, 0.3) is 5.56 Å². The molecule has 1 aliphatic carbocycles. The van der Waals surface area contributed by atoms with E-state index in [0.717, 1.165) is 19.3 Å². The van der Waals surface area contributed by atoms with Gasteiger partial charge in [-0.3, -0.25) is 14.2 Å². The molecule has 0 bridgehead atoms. The Bertz CT molecular complexity index is 552. The summed E-state index contributed by atoms with van der Waals surface area (Å²) in [4.78, 5) is 37.5. The smallest absolute Gasteiger partial charge is 0.313 e. The van der Waals surface area contributed by atoms with Crippen molar-refractivity contribution in [2.24, 2.45) is 5.92 Å². The molecule has 0 aromatic carbocycles. The van der Waals surface area contributed by atoms with Crippen molar-refractivity contribution in [2.75, 3.05) is 0 Å². The SMILES string of the molecule is CC(=O)c1c[nH]c(=O)n(C(C)C2CCC2)c1=O. The van der Waals surface area contributed by atoms with Gasteiger partial charge in [-0.15, -0.1) is 0 Å². The molecule has 0 amide bonds. The van der Waals surface area contributed by atoms with Crippen LogP contribution in [-0.4, -0.2) is 15.3 Å². The van der Waals surface area contributed by atoms with E-state index in [1.807, 2.05) is 6.92 Å². The Labute approximate surface area is 98.5 Å². The van der Waals surface area contributed by atoms with Gasteiger partial charge in [-0.1, -0.05) is 6.42 Å². The fourth-order valence-corrected chi connectivity index (χ4v) is 2.24. The summed E-state index contributed by atoms with van der Waals surface area (Å²) in [6, 6.07) is -0.140. The van der Waals surface area contributed by atoms with Gasteiger partial charge in [-0.25, -0.2) is 4.79 Å². The maximum atomic E-state index is 12.0. The van der Waals surface area contributed by atoms with Gasteiger partial charge < -0.3 is 4.98 Å². The summed E-state index contributed by atoms with van der Waals surface area (Å²) in [6.07, 6.45) is 4.43. The minimum atomic E-state index is -0.472. The molecule has 1 saturated carbocycles. The molecule has 1 fully saturated rings. The van der Waals surface area contributed by atoms with Crippen LogP contribution < -0.4 is 11.2 Å². The highest BCUT2D eigenvalue weighted by Gasteiger charge is 2.27. The molecule has 1 aromatic rings. The Hall–Kier alpha value is -1.65. The van der Waals surface area contributed by atoms with Crippen molar-refractivity contribution < 1.29 is 4.79 Å². The fourth-order valence-electron chi connectivity index (χ4n) is 2.24. The molecule has 1 unspecified atom stereocenters. The third-order valence-corrected chi connectivity index (χ3v) is 3.63. The molecule has 0 saturated heterocycles. The van der Waals surface area contributed by atoms with Crippen molar-refractivity contribution >= 4 is 5.78 Å². The monoisotopic (exact) mass is 236 g/mol. The van der Waals surface area contributed by atoms with Crippen LogP contribution in [0, 0.1) is 5.92 Å². The molecular weight excluding hydrogens is 220 g/mol. The zero-order valence-electron chi connectivity index (χ0n) is 10.0. The number of Topliss-reactive ketones (excluding diaryl/α,β-unsaturated/α-hetero) is 1. The number of H-pyrrole nitrogens is 1. The first-order valence-corrected chi connectivity index (χ1v) is 5.87. The number of aromatic nitrogens is 2. The molecule has 0 radical (unpaired) electrons. The van der Waals surface area contributed by atoms with Gasteiger partial charge >= 0.3 is 5.69 Å². The first kappa shape index (κ1) is 11.8. The molecule has 2 rings (SSSR count). The summed E-state index contributed by atoms with van der Waals surface area (Å²) in [5.41, 5.74) is -0.851. The lowest BCUT2D eigenvalue weighted by Gasteiger charge is -2.31. The van der Waals surface area contributed by atoms with Crippen LogP contribution in [0.5, 0.6) is 0 Å². The lowest BCUT2D eigenvalue weighted by molar-refractivity contribution is 0.101. The molecule has 5 nitrogen and oxygen atoms in total. The van der Waals surface area contributed by atoms with Crippen LogP contribution in [0.15, 0.2) is 15.8 Å². The minimum absolute atomic E-state index is 0.0516. The maximum Gasteiger partial charge on any atom is 0.328 e. The highest BCUT2D eigenvalue weighted by molar-refractivity contribution is 5.93. The van der Waals surface area contributed by atoms with Gasteiger partial charge in [0.2, 0.25) is 0 Å². The van der Waals surface area contributed by atoms with Gasteiger partial charge in [-0.05, 0) is 32.6 Å². The van der Waals surface area contributed by atoms with Gasteiger partial charge in [0.15, 0.2) is 5.78 Å². The topological polar surface area (TPSA) is 71.9 Å². The summed E-state index contributed by atoms with van der Waals surface area (Å²) in [5.74, 6) is 0.0526. The van der Waals surface area contributed by atoms with Crippen molar-refractivity contribution in [3.8, 4) is 0 Å². The second-order valence-corrected chi connectivity index (χ2v) is 4.67. The van der Waals surface area contributed by atoms with Crippen LogP contribution in [0.1, 0.15) is 49.5 Å². The molecular formula is C12H16N2O3.